The van der Waals surface area contributed by atoms with E-state index < -0.39 is 20.0 Å². The molecule has 8 nitrogen and oxygen atoms in total. The van der Waals surface area contributed by atoms with Crippen molar-refractivity contribution in [1.82, 2.24) is 4.31 Å². The zero-order chi connectivity index (χ0) is 23.6. The lowest BCUT2D eigenvalue weighted by Gasteiger charge is -2.24. The zero-order valence-electron chi connectivity index (χ0n) is 18.2. The van der Waals surface area contributed by atoms with Crippen LogP contribution >= 0.6 is 0 Å². The molecule has 0 radical (unpaired) electrons. The summed E-state index contributed by atoms with van der Waals surface area (Å²) in [6.07, 6.45) is 0. The van der Waals surface area contributed by atoms with Crippen molar-refractivity contribution in [2.45, 2.75) is 16.3 Å². The maximum absolute atomic E-state index is 13.5. The maximum Gasteiger partial charge on any atom is 0.264 e. The molecule has 0 saturated carbocycles. The highest BCUT2D eigenvalue weighted by Crippen LogP contribution is 2.32. The monoisotopic (exact) mass is 488 g/mol. The predicted molar refractivity (Wildman–Crippen MR) is 125 cm³/mol. The van der Waals surface area contributed by atoms with Gasteiger partial charge in [0.1, 0.15) is 11.5 Å². The van der Waals surface area contributed by atoms with Crippen molar-refractivity contribution in [2.24, 2.45) is 0 Å². The minimum Gasteiger partial charge on any atom is -0.497 e. The van der Waals surface area contributed by atoms with Gasteiger partial charge in [0.2, 0.25) is 10.0 Å². The summed E-state index contributed by atoms with van der Waals surface area (Å²) >= 11 is 0. The van der Waals surface area contributed by atoms with Crippen molar-refractivity contribution >= 4 is 25.7 Å². The number of sulfonamides is 2. The van der Waals surface area contributed by atoms with E-state index in [0.717, 1.165) is 0 Å². The van der Waals surface area contributed by atoms with Crippen LogP contribution in [0.5, 0.6) is 11.5 Å². The first-order chi connectivity index (χ1) is 15.8. The fraction of sp³-hybridized carbons (Fsp3) is 0.217. The van der Waals surface area contributed by atoms with E-state index >= 15 is 0 Å². The minimum atomic E-state index is -3.93. The molecule has 0 aliphatic carbocycles. The first kappa shape index (κ1) is 23.1. The Bertz CT molecular complexity index is 1340. The highest BCUT2D eigenvalue weighted by Gasteiger charge is 2.34. The lowest BCUT2D eigenvalue weighted by molar-refractivity contribution is 0.412. The first-order valence-corrected chi connectivity index (χ1v) is 13.0. The lowest BCUT2D eigenvalue weighted by Crippen LogP contribution is -2.38. The third-order valence-corrected chi connectivity index (χ3v) is 9.19. The van der Waals surface area contributed by atoms with Crippen LogP contribution in [0.2, 0.25) is 0 Å². The largest absolute Gasteiger partial charge is 0.497 e. The summed E-state index contributed by atoms with van der Waals surface area (Å²) in [6.45, 7) is 0.0261. The number of ether oxygens (including phenoxy) is 2. The second-order valence-electron chi connectivity index (χ2n) is 7.40. The van der Waals surface area contributed by atoms with E-state index in [9.17, 15) is 16.8 Å². The minimum absolute atomic E-state index is 0.00156. The Hall–Kier alpha value is -3.08. The van der Waals surface area contributed by atoms with Crippen molar-refractivity contribution in [3.8, 4) is 11.5 Å². The van der Waals surface area contributed by atoms with Crippen LogP contribution in [-0.4, -0.2) is 48.4 Å². The van der Waals surface area contributed by atoms with Crippen molar-refractivity contribution in [3.63, 3.8) is 0 Å². The molecule has 1 heterocycles. The number of fused-ring (bicyclic) bond motifs is 1. The molecule has 0 aromatic heterocycles. The van der Waals surface area contributed by atoms with Gasteiger partial charge in [-0.3, -0.25) is 4.31 Å². The summed E-state index contributed by atoms with van der Waals surface area (Å²) in [5, 5.41) is 0. The average Bonchev–Trinajstić information content (AvgIpc) is 3.05. The molecule has 0 amide bonds. The number of para-hydroxylation sites is 1. The highest BCUT2D eigenvalue weighted by atomic mass is 32.2. The van der Waals surface area contributed by atoms with Gasteiger partial charge in [0.05, 0.1) is 29.7 Å². The van der Waals surface area contributed by atoms with Crippen LogP contribution < -0.4 is 13.8 Å². The molecule has 1 aliphatic heterocycles. The Labute approximate surface area is 194 Å². The topological polar surface area (TPSA) is 93.2 Å². The molecule has 3 aromatic rings. The number of hydrogen-bond donors (Lipinski definition) is 0. The van der Waals surface area contributed by atoms with Crippen molar-refractivity contribution < 1.29 is 26.3 Å². The molecular formula is C23H24N2O6S2. The van der Waals surface area contributed by atoms with Crippen LogP contribution in [0.3, 0.4) is 0 Å². The molecule has 4 rings (SSSR count). The van der Waals surface area contributed by atoms with Crippen LogP contribution in [-0.2, 0) is 26.6 Å². The van der Waals surface area contributed by atoms with E-state index in [0.29, 0.717) is 22.7 Å². The Kier molecular flexibility index (Phi) is 6.33. The van der Waals surface area contributed by atoms with Crippen LogP contribution in [0.25, 0.3) is 0 Å². The summed E-state index contributed by atoms with van der Waals surface area (Å²) in [6, 6.07) is 19.2. The molecule has 0 saturated heterocycles. The normalized spacial score (nSPS) is 14.9. The average molecular weight is 489 g/mol. The van der Waals surface area contributed by atoms with Gasteiger partial charge in [0.25, 0.3) is 10.0 Å². The second-order valence-corrected chi connectivity index (χ2v) is 11.2. The molecule has 10 heteroatoms. The molecule has 3 aromatic carbocycles. The van der Waals surface area contributed by atoms with Gasteiger partial charge in [-0.25, -0.2) is 16.8 Å². The highest BCUT2D eigenvalue weighted by molar-refractivity contribution is 7.92. The van der Waals surface area contributed by atoms with Gasteiger partial charge in [-0.2, -0.15) is 4.31 Å². The van der Waals surface area contributed by atoms with E-state index in [2.05, 4.69) is 0 Å². The second kappa shape index (κ2) is 9.05. The number of nitrogens with zero attached hydrogens (tertiary/aromatic N) is 2. The molecule has 174 valence electrons. The van der Waals surface area contributed by atoms with Crippen molar-refractivity contribution in [3.05, 3.63) is 78.4 Å². The molecule has 0 N–H and O–H groups in total. The van der Waals surface area contributed by atoms with E-state index in [1.165, 1.54) is 47.1 Å². The van der Waals surface area contributed by atoms with Crippen LogP contribution in [0.15, 0.2) is 82.6 Å². The number of methoxy groups -OCH3 is 2. The van der Waals surface area contributed by atoms with Gasteiger partial charge in [-0.15, -0.1) is 0 Å². The number of hydrogen-bond acceptors (Lipinski definition) is 6. The fourth-order valence-corrected chi connectivity index (χ4v) is 6.61. The third kappa shape index (κ3) is 4.41. The molecule has 33 heavy (non-hydrogen) atoms. The molecule has 1 aliphatic rings. The molecule has 0 bridgehead atoms. The first-order valence-electron chi connectivity index (χ1n) is 10.2. The standard InChI is InChI=1S/C23H24N2O6S2/c1-30-19-7-11-21(12-8-19)32(26,27)24-15-16-25(23-6-4-3-5-18(23)17-24)33(28,29)22-13-9-20(31-2)10-14-22/h3-14H,15-17H2,1-2H3. The van der Waals surface area contributed by atoms with E-state index in [1.807, 2.05) is 0 Å². The summed E-state index contributed by atoms with van der Waals surface area (Å²) in [4.78, 5) is 0.219. The number of rotatable bonds is 6. The summed E-state index contributed by atoms with van der Waals surface area (Å²) in [7, 11) is -4.77. The fourth-order valence-electron chi connectivity index (χ4n) is 3.71. The van der Waals surface area contributed by atoms with Gasteiger partial charge in [0, 0.05) is 19.6 Å². The summed E-state index contributed by atoms with van der Waals surface area (Å²) in [5.41, 5.74) is 1.06. The predicted octanol–water partition coefficient (Wildman–Crippen LogP) is 3.10. The van der Waals surface area contributed by atoms with Gasteiger partial charge in [0.15, 0.2) is 0 Å². The Balaban J connectivity index is 1.71. The van der Waals surface area contributed by atoms with E-state index in [4.69, 9.17) is 9.47 Å². The van der Waals surface area contributed by atoms with E-state index in [1.54, 1.807) is 48.5 Å². The molecule has 0 atom stereocenters. The SMILES string of the molecule is COc1ccc(S(=O)(=O)N2CCN(S(=O)(=O)c3ccc(OC)cc3)c3ccccc3C2)cc1. The Morgan fingerprint density at radius 1 is 0.667 bits per heavy atom. The number of benzene rings is 3. The molecule has 0 unspecified atom stereocenters. The van der Waals surface area contributed by atoms with E-state index in [-0.39, 0.29) is 29.4 Å². The summed E-state index contributed by atoms with van der Waals surface area (Å²) < 4.78 is 66.5. The van der Waals surface area contributed by atoms with Crippen molar-refractivity contribution in [2.75, 3.05) is 31.6 Å². The Morgan fingerprint density at radius 2 is 1.18 bits per heavy atom. The van der Waals surface area contributed by atoms with Crippen LogP contribution in [0, 0.1) is 0 Å². The summed E-state index contributed by atoms with van der Waals surface area (Å²) in [5.74, 6) is 1.09. The van der Waals surface area contributed by atoms with Gasteiger partial charge in [-0.05, 0) is 60.2 Å². The smallest absolute Gasteiger partial charge is 0.264 e. The molecule has 0 spiro atoms. The number of anilines is 1. The lowest BCUT2D eigenvalue weighted by atomic mass is 10.2. The van der Waals surface area contributed by atoms with Crippen LogP contribution in [0.4, 0.5) is 5.69 Å². The third-order valence-electron chi connectivity index (χ3n) is 5.50. The van der Waals surface area contributed by atoms with Crippen molar-refractivity contribution in [1.29, 1.82) is 0 Å². The zero-order valence-corrected chi connectivity index (χ0v) is 19.8. The molecule has 0 fully saturated rings. The maximum atomic E-state index is 13.5. The van der Waals surface area contributed by atoms with Gasteiger partial charge in [-0.1, -0.05) is 18.2 Å². The molecular weight excluding hydrogens is 464 g/mol. The van der Waals surface area contributed by atoms with Gasteiger partial charge >= 0.3 is 0 Å². The quantitative estimate of drug-likeness (QED) is 0.529. The van der Waals surface area contributed by atoms with Crippen LogP contribution in [0.1, 0.15) is 5.56 Å². The Morgan fingerprint density at radius 3 is 1.73 bits per heavy atom. The van der Waals surface area contributed by atoms with Gasteiger partial charge < -0.3 is 9.47 Å².